The smallest absolute Gasteiger partial charge is 0.374 e. The maximum atomic E-state index is 12.1. The number of aryl methyl sites for hydroxylation is 1. The Morgan fingerprint density at radius 1 is 1.40 bits per heavy atom. The fraction of sp³-hybridized carbons (Fsp3) is 0.389. The molecule has 1 aliphatic rings. The second kappa shape index (κ2) is 7.65. The Labute approximate surface area is 149 Å². The molecule has 0 aliphatic heterocycles. The first-order chi connectivity index (χ1) is 12.1. The number of hydrogen-bond acceptors (Lipinski definition) is 6. The highest BCUT2D eigenvalue weighted by molar-refractivity contribution is 7.12. The molecule has 0 unspecified atom stereocenters. The fourth-order valence-corrected chi connectivity index (χ4v) is 3.43. The molecule has 1 amide bonds. The monoisotopic (exact) mass is 360 g/mol. The van der Waals surface area contributed by atoms with Gasteiger partial charge in [0, 0.05) is 17.5 Å². The van der Waals surface area contributed by atoms with Crippen molar-refractivity contribution in [3.63, 3.8) is 0 Å². The number of fused-ring (bicyclic) bond motifs is 1. The average molecular weight is 360 g/mol. The number of hydrogen-bond donors (Lipinski definition) is 1. The molecular formula is C18H20N2O4S. The first-order valence-electron chi connectivity index (χ1n) is 8.32. The molecule has 3 rings (SSSR count). The predicted molar refractivity (Wildman–Crippen MR) is 95.3 cm³/mol. The molecule has 6 nitrogen and oxygen atoms in total. The second-order valence-electron chi connectivity index (χ2n) is 5.82. The lowest BCUT2D eigenvalue weighted by molar-refractivity contribution is 0.0465. The van der Waals surface area contributed by atoms with Crippen molar-refractivity contribution in [2.45, 2.75) is 39.5 Å². The average Bonchev–Trinajstić information content (AvgIpc) is 3.26. The summed E-state index contributed by atoms with van der Waals surface area (Å²) >= 11 is 1.36. The molecule has 0 bridgehead atoms. The van der Waals surface area contributed by atoms with E-state index in [0.29, 0.717) is 11.5 Å². The van der Waals surface area contributed by atoms with Gasteiger partial charge >= 0.3 is 5.97 Å². The number of rotatable bonds is 5. The lowest BCUT2D eigenvalue weighted by Crippen LogP contribution is -2.21. The van der Waals surface area contributed by atoms with Gasteiger partial charge in [0.15, 0.2) is 0 Å². The number of hydrazone groups is 1. The van der Waals surface area contributed by atoms with Gasteiger partial charge in [0.1, 0.15) is 5.76 Å². The lowest BCUT2D eigenvalue weighted by Gasteiger charge is -2.13. The lowest BCUT2D eigenvalue weighted by atomic mass is 9.93. The van der Waals surface area contributed by atoms with Crippen LogP contribution in [0.25, 0.3) is 0 Å². The van der Waals surface area contributed by atoms with Crippen molar-refractivity contribution < 1.29 is 18.7 Å². The van der Waals surface area contributed by atoms with Crippen LogP contribution in [0.2, 0.25) is 0 Å². The molecule has 1 N–H and O–H groups in total. The summed E-state index contributed by atoms with van der Waals surface area (Å²) in [5.41, 5.74) is 4.88. The first kappa shape index (κ1) is 17.4. The molecule has 1 aliphatic carbocycles. The van der Waals surface area contributed by atoms with Gasteiger partial charge in [-0.3, -0.25) is 4.79 Å². The van der Waals surface area contributed by atoms with Crippen molar-refractivity contribution in [3.8, 4) is 0 Å². The molecule has 132 valence electrons. The van der Waals surface area contributed by atoms with E-state index in [2.05, 4.69) is 10.5 Å². The van der Waals surface area contributed by atoms with E-state index in [-0.39, 0.29) is 11.7 Å². The molecule has 2 heterocycles. The summed E-state index contributed by atoms with van der Waals surface area (Å²) in [6, 6.07) is 3.57. The highest BCUT2D eigenvalue weighted by Crippen LogP contribution is 2.30. The number of esters is 1. The molecular weight excluding hydrogens is 340 g/mol. The summed E-state index contributed by atoms with van der Waals surface area (Å²) < 4.78 is 10.9. The first-order valence-corrected chi connectivity index (χ1v) is 9.20. The summed E-state index contributed by atoms with van der Waals surface area (Å²) in [6.45, 7) is 4.13. The number of nitrogens with zero attached hydrogens (tertiary/aromatic N) is 1. The van der Waals surface area contributed by atoms with Gasteiger partial charge in [0.05, 0.1) is 17.2 Å². The number of nitrogens with one attached hydrogen (secondary N) is 1. The number of furan rings is 1. The topological polar surface area (TPSA) is 80.9 Å². The molecule has 2 aromatic rings. The zero-order valence-electron chi connectivity index (χ0n) is 14.3. The van der Waals surface area contributed by atoms with Crippen LogP contribution in [0, 0.1) is 6.92 Å². The normalized spacial score (nSPS) is 15.0. The van der Waals surface area contributed by atoms with E-state index in [1.807, 2.05) is 25.3 Å². The van der Waals surface area contributed by atoms with Crippen molar-refractivity contribution in [2.75, 3.05) is 6.61 Å². The standard InChI is InChI=1S/C18H20N2O4S/c1-3-9-23-18(22)16-11(2)15-12(6-4-7-13(15)24-16)19-20-17(21)14-8-5-10-25-14/h5,8,10H,3-4,6-7,9H2,1-2H3,(H,20,21)/b19-12+. The van der Waals surface area contributed by atoms with Crippen LogP contribution in [0.3, 0.4) is 0 Å². The molecule has 7 heteroatoms. The Morgan fingerprint density at radius 2 is 2.24 bits per heavy atom. The minimum Gasteiger partial charge on any atom is -0.460 e. The highest BCUT2D eigenvalue weighted by atomic mass is 32.1. The van der Waals surface area contributed by atoms with E-state index in [1.54, 1.807) is 6.07 Å². The second-order valence-corrected chi connectivity index (χ2v) is 6.77. The van der Waals surface area contributed by atoms with Gasteiger partial charge in [-0.05, 0) is 37.6 Å². The summed E-state index contributed by atoms with van der Waals surface area (Å²) in [7, 11) is 0. The molecule has 0 spiro atoms. The van der Waals surface area contributed by atoms with Crippen LogP contribution in [0.4, 0.5) is 0 Å². The quantitative estimate of drug-likeness (QED) is 0.651. The number of amides is 1. The molecule has 2 aromatic heterocycles. The molecule has 0 fully saturated rings. The van der Waals surface area contributed by atoms with E-state index in [4.69, 9.17) is 9.15 Å². The SMILES string of the molecule is CCCOC(=O)c1oc2c(c1C)/C(=N/NC(=O)c1cccs1)CCC2. The molecule has 0 saturated heterocycles. The van der Waals surface area contributed by atoms with Crippen LogP contribution in [-0.2, 0) is 11.2 Å². The number of carbonyl (C=O) groups is 2. The van der Waals surface area contributed by atoms with E-state index < -0.39 is 5.97 Å². The third-order valence-electron chi connectivity index (χ3n) is 3.99. The summed E-state index contributed by atoms with van der Waals surface area (Å²) in [5.74, 6) is 0.281. The highest BCUT2D eigenvalue weighted by Gasteiger charge is 2.28. The molecule has 25 heavy (non-hydrogen) atoms. The molecule has 0 aromatic carbocycles. The maximum Gasteiger partial charge on any atom is 0.374 e. The Morgan fingerprint density at radius 3 is 2.96 bits per heavy atom. The van der Waals surface area contributed by atoms with Gasteiger partial charge in [-0.2, -0.15) is 5.10 Å². The van der Waals surface area contributed by atoms with Gasteiger partial charge in [-0.15, -0.1) is 11.3 Å². The Hall–Kier alpha value is -2.41. The van der Waals surface area contributed by atoms with Gasteiger partial charge in [-0.1, -0.05) is 13.0 Å². The van der Waals surface area contributed by atoms with Crippen LogP contribution in [0.1, 0.15) is 63.3 Å². The van der Waals surface area contributed by atoms with Gasteiger partial charge in [0.25, 0.3) is 5.91 Å². The summed E-state index contributed by atoms with van der Waals surface area (Å²) in [4.78, 5) is 24.8. The van der Waals surface area contributed by atoms with Crippen LogP contribution in [-0.4, -0.2) is 24.2 Å². The fourth-order valence-electron chi connectivity index (χ4n) is 2.82. The van der Waals surface area contributed by atoms with Crippen LogP contribution in [0.15, 0.2) is 27.0 Å². The van der Waals surface area contributed by atoms with Gasteiger partial charge < -0.3 is 9.15 Å². The van der Waals surface area contributed by atoms with E-state index in [0.717, 1.165) is 48.3 Å². The van der Waals surface area contributed by atoms with Crippen LogP contribution in [0.5, 0.6) is 0 Å². The third-order valence-corrected chi connectivity index (χ3v) is 4.85. The van der Waals surface area contributed by atoms with Crippen LogP contribution >= 0.6 is 11.3 Å². The zero-order valence-corrected chi connectivity index (χ0v) is 15.1. The van der Waals surface area contributed by atoms with Crippen molar-refractivity contribution in [1.82, 2.24) is 5.43 Å². The predicted octanol–water partition coefficient (Wildman–Crippen LogP) is 3.69. The maximum absolute atomic E-state index is 12.1. The molecule has 0 atom stereocenters. The van der Waals surface area contributed by atoms with E-state index >= 15 is 0 Å². The van der Waals surface area contributed by atoms with E-state index in [9.17, 15) is 9.59 Å². The van der Waals surface area contributed by atoms with Crippen molar-refractivity contribution in [3.05, 3.63) is 45.0 Å². The Bertz CT molecular complexity index is 805. The molecule has 0 radical (unpaired) electrons. The molecule has 0 saturated carbocycles. The summed E-state index contributed by atoms with van der Waals surface area (Å²) in [5, 5.41) is 6.13. The van der Waals surface area contributed by atoms with Crippen molar-refractivity contribution >= 4 is 28.9 Å². The van der Waals surface area contributed by atoms with Crippen molar-refractivity contribution in [2.24, 2.45) is 5.10 Å². The minimum atomic E-state index is -0.448. The Balaban J connectivity index is 1.83. The van der Waals surface area contributed by atoms with Crippen molar-refractivity contribution in [1.29, 1.82) is 0 Å². The third kappa shape index (κ3) is 3.66. The zero-order chi connectivity index (χ0) is 17.8. The Kier molecular flexibility index (Phi) is 5.33. The minimum absolute atomic E-state index is 0.234. The number of carbonyl (C=O) groups excluding carboxylic acids is 2. The van der Waals surface area contributed by atoms with Gasteiger partial charge in [-0.25, -0.2) is 10.2 Å². The van der Waals surface area contributed by atoms with Gasteiger partial charge in [0.2, 0.25) is 5.76 Å². The van der Waals surface area contributed by atoms with Crippen LogP contribution < -0.4 is 5.43 Å². The van der Waals surface area contributed by atoms with E-state index in [1.165, 1.54) is 11.3 Å². The number of thiophene rings is 1. The largest absolute Gasteiger partial charge is 0.460 e. The summed E-state index contributed by atoms with van der Waals surface area (Å²) in [6.07, 6.45) is 3.08. The number of ether oxygens (including phenoxy) is 1.